The highest BCUT2D eigenvalue weighted by molar-refractivity contribution is 5.91. The molecule has 1 rings (SSSR count). The van der Waals surface area contributed by atoms with Crippen molar-refractivity contribution in [3.05, 3.63) is 0 Å². The summed E-state index contributed by atoms with van der Waals surface area (Å²) in [6.07, 6.45) is 4.39. The van der Waals surface area contributed by atoms with Crippen molar-refractivity contribution in [1.29, 1.82) is 0 Å². The Balaban J connectivity index is 2.76. The molecule has 0 aromatic heterocycles. The van der Waals surface area contributed by atoms with E-state index in [9.17, 15) is 14.4 Å². The molecule has 0 radical (unpaired) electrons. The summed E-state index contributed by atoms with van der Waals surface area (Å²) in [5.41, 5.74) is 0. The SMILES string of the molecule is COC(=O)[C@@H](NC(=O)[C@@H](CC(C)C)NC(=O)C1CCC(C)CC1)C(C)C. The number of esters is 1. The molecule has 0 aliphatic heterocycles. The zero-order chi connectivity index (χ0) is 19.9. The number of rotatable bonds is 8. The number of methoxy groups -OCH3 is 1. The van der Waals surface area contributed by atoms with E-state index >= 15 is 0 Å². The Labute approximate surface area is 157 Å². The van der Waals surface area contributed by atoms with Crippen LogP contribution in [0.3, 0.4) is 0 Å². The van der Waals surface area contributed by atoms with Gasteiger partial charge in [0.25, 0.3) is 0 Å². The molecule has 26 heavy (non-hydrogen) atoms. The molecule has 1 fully saturated rings. The summed E-state index contributed by atoms with van der Waals surface area (Å²) in [6.45, 7) is 9.92. The molecule has 1 aliphatic rings. The van der Waals surface area contributed by atoms with Crippen molar-refractivity contribution < 1.29 is 19.1 Å². The van der Waals surface area contributed by atoms with E-state index in [0.29, 0.717) is 12.3 Å². The highest BCUT2D eigenvalue weighted by Crippen LogP contribution is 2.28. The summed E-state index contributed by atoms with van der Waals surface area (Å²) >= 11 is 0. The molecular formula is C20H36N2O4. The molecule has 6 heteroatoms. The summed E-state index contributed by atoms with van der Waals surface area (Å²) in [6, 6.07) is -1.35. The van der Waals surface area contributed by atoms with Crippen molar-refractivity contribution in [2.45, 2.75) is 78.8 Å². The van der Waals surface area contributed by atoms with Crippen LogP contribution >= 0.6 is 0 Å². The summed E-state index contributed by atoms with van der Waals surface area (Å²) < 4.78 is 4.78. The van der Waals surface area contributed by atoms with E-state index in [-0.39, 0.29) is 29.6 Å². The van der Waals surface area contributed by atoms with E-state index in [2.05, 4.69) is 17.6 Å². The van der Waals surface area contributed by atoms with Gasteiger partial charge in [0, 0.05) is 5.92 Å². The standard InChI is InChI=1S/C20H36N2O4/c1-12(2)11-16(19(24)22-17(13(3)4)20(25)26-6)21-18(23)15-9-7-14(5)8-10-15/h12-17H,7-11H2,1-6H3,(H,21,23)(H,22,24)/t14?,15?,16-,17+/m1/s1. The van der Waals surface area contributed by atoms with Gasteiger partial charge in [-0.15, -0.1) is 0 Å². The molecule has 6 nitrogen and oxygen atoms in total. The predicted octanol–water partition coefficient (Wildman–Crippen LogP) is 2.66. The first-order valence-electron chi connectivity index (χ1n) is 9.84. The molecule has 0 bridgehead atoms. The maximum atomic E-state index is 12.8. The lowest BCUT2D eigenvalue weighted by Crippen LogP contribution is -2.54. The van der Waals surface area contributed by atoms with E-state index in [1.165, 1.54) is 7.11 Å². The van der Waals surface area contributed by atoms with Crippen LogP contribution in [0.2, 0.25) is 0 Å². The van der Waals surface area contributed by atoms with Gasteiger partial charge >= 0.3 is 5.97 Å². The predicted molar refractivity (Wildman–Crippen MR) is 101 cm³/mol. The van der Waals surface area contributed by atoms with Crippen molar-refractivity contribution in [3.8, 4) is 0 Å². The fourth-order valence-electron chi connectivity index (χ4n) is 3.39. The van der Waals surface area contributed by atoms with E-state index < -0.39 is 18.1 Å². The minimum Gasteiger partial charge on any atom is -0.467 e. The number of amides is 2. The normalized spacial score (nSPS) is 22.6. The number of ether oxygens (including phenoxy) is 1. The maximum Gasteiger partial charge on any atom is 0.328 e. The van der Waals surface area contributed by atoms with Gasteiger partial charge in [-0.05, 0) is 49.9 Å². The van der Waals surface area contributed by atoms with Crippen LogP contribution < -0.4 is 10.6 Å². The molecule has 2 amide bonds. The lowest BCUT2D eigenvalue weighted by Gasteiger charge is -2.29. The third kappa shape index (κ3) is 6.96. The van der Waals surface area contributed by atoms with Gasteiger partial charge in [0.15, 0.2) is 0 Å². The molecular weight excluding hydrogens is 332 g/mol. The van der Waals surface area contributed by atoms with E-state index in [0.717, 1.165) is 25.7 Å². The third-order valence-corrected chi connectivity index (χ3v) is 5.15. The van der Waals surface area contributed by atoms with Crippen LogP contribution in [-0.4, -0.2) is 37.0 Å². The second kappa shape index (κ2) is 10.5. The van der Waals surface area contributed by atoms with Gasteiger partial charge in [-0.2, -0.15) is 0 Å². The van der Waals surface area contributed by atoms with Gasteiger partial charge < -0.3 is 15.4 Å². The van der Waals surface area contributed by atoms with E-state index in [1.807, 2.05) is 27.7 Å². The number of hydrogen-bond acceptors (Lipinski definition) is 4. The monoisotopic (exact) mass is 368 g/mol. The number of carbonyl (C=O) groups is 3. The fourth-order valence-corrected chi connectivity index (χ4v) is 3.39. The average molecular weight is 369 g/mol. The second-order valence-corrected chi connectivity index (χ2v) is 8.40. The van der Waals surface area contributed by atoms with Crippen molar-refractivity contribution in [1.82, 2.24) is 10.6 Å². The van der Waals surface area contributed by atoms with Crippen LogP contribution in [0.5, 0.6) is 0 Å². The molecule has 150 valence electrons. The fraction of sp³-hybridized carbons (Fsp3) is 0.850. The van der Waals surface area contributed by atoms with Crippen LogP contribution in [0.15, 0.2) is 0 Å². The Morgan fingerprint density at radius 2 is 1.58 bits per heavy atom. The highest BCUT2D eigenvalue weighted by atomic mass is 16.5. The quantitative estimate of drug-likeness (QED) is 0.645. The van der Waals surface area contributed by atoms with E-state index in [1.54, 1.807) is 0 Å². The molecule has 0 saturated heterocycles. The summed E-state index contributed by atoms with van der Waals surface area (Å²) in [5, 5.41) is 5.69. The minimum atomic E-state index is -0.713. The Morgan fingerprint density at radius 3 is 2.04 bits per heavy atom. The van der Waals surface area contributed by atoms with Crippen molar-refractivity contribution in [3.63, 3.8) is 0 Å². The summed E-state index contributed by atoms with van der Waals surface area (Å²) in [4.78, 5) is 37.3. The van der Waals surface area contributed by atoms with Gasteiger partial charge in [-0.1, -0.05) is 34.6 Å². The Bertz CT molecular complexity index is 482. The van der Waals surface area contributed by atoms with Gasteiger partial charge in [-0.3, -0.25) is 9.59 Å². The first kappa shape index (κ1) is 22.5. The summed E-state index contributed by atoms with van der Waals surface area (Å²) in [5.74, 6) is -0.0352. The number of hydrogen-bond donors (Lipinski definition) is 2. The largest absolute Gasteiger partial charge is 0.467 e. The minimum absolute atomic E-state index is 0.0184. The first-order chi connectivity index (χ1) is 12.1. The van der Waals surface area contributed by atoms with Crippen LogP contribution in [0.4, 0.5) is 0 Å². The molecule has 1 aliphatic carbocycles. The molecule has 1 saturated carbocycles. The zero-order valence-corrected chi connectivity index (χ0v) is 17.1. The van der Waals surface area contributed by atoms with Gasteiger partial charge in [0.2, 0.25) is 11.8 Å². The van der Waals surface area contributed by atoms with Crippen LogP contribution in [0.1, 0.15) is 66.7 Å². The van der Waals surface area contributed by atoms with Crippen LogP contribution in [0, 0.1) is 23.7 Å². The molecule has 0 aromatic carbocycles. The van der Waals surface area contributed by atoms with Crippen molar-refractivity contribution in [2.24, 2.45) is 23.7 Å². The van der Waals surface area contributed by atoms with E-state index in [4.69, 9.17) is 4.74 Å². The molecule has 2 N–H and O–H groups in total. The first-order valence-corrected chi connectivity index (χ1v) is 9.84. The van der Waals surface area contributed by atoms with Gasteiger partial charge in [-0.25, -0.2) is 4.79 Å². The summed E-state index contributed by atoms with van der Waals surface area (Å²) in [7, 11) is 1.31. The molecule has 2 atom stereocenters. The molecule has 0 spiro atoms. The Morgan fingerprint density at radius 1 is 1.00 bits per heavy atom. The van der Waals surface area contributed by atoms with Crippen molar-refractivity contribution in [2.75, 3.05) is 7.11 Å². The second-order valence-electron chi connectivity index (χ2n) is 8.40. The van der Waals surface area contributed by atoms with Crippen LogP contribution in [0.25, 0.3) is 0 Å². The highest BCUT2D eigenvalue weighted by Gasteiger charge is 2.32. The lowest BCUT2D eigenvalue weighted by atomic mass is 9.82. The number of nitrogens with one attached hydrogen (secondary N) is 2. The zero-order valence-electron chi connectivity index (χ0n) is 17.1. The Kier molecular flexibility index (Phi) is 9.09. The number of carbonyl (C=O) groups excluding carboxylic acids is 3. The maximum absolute atomic E-state index is 12.8. The van der Waals surface area contributed by atoms with Crippen molar-refractivity contribution >= 4 is 17.8 Å². The third-order valence-electron chi connectivity index (χ3n) is 5.15. The molecule has 0 unspecified atom stereocenters. The van der Waals surface area contributed by atoms with Gasteiger partial charge in [0.1, 0.15) is 12.1 Å². The van der Waals surface area contributed by atoms with Crippen LogP contribution in [-0.2, 0) is 19.1 Å². The smallest absolute Gasteiger partial charge is 0.328 e. The molecule has 0 aromatic rings. The Hall–Kier alpha value is -1.59. The average Bonchev–Trinajstić information content (AvgIpc) is 2.58. The van der Waals surface area contributed by atoms with Gasteiger partial charge in [0.05, 0.1) is 7.11 Å². The lowest BCUT2D eigenvalue weighted by molar-refractivity contribution is -0.146. The molecule has 0 heterocycles. The topological polar surface area (TPSA) is 84.5 Å².